The second-order valence-electron chi connectivity index (χ2n) is 3.64. The molecule has 0 N–H and O–H groups in total. The molecule has 0 unspecified atom stereocenters. The van der Waals surface area contributed by atoms with Gasteiger partial charge in [-0.1, -0.05) is 18.2 Å². The summed E-state index contributed by atoms with van der Waals surface area (Å²) in [6.45, 7) is 1.93. The molecule has 6 heteroatoms. The summed E-state index contributed by atoms with van der Waals surface area (Å²) in [6.07, 6.45) is 0.586. The van der Waals surface area contributed by atoms with Gasteiger partial charge in [0.25, 0.3) is 0 Å². The van der Waals surface area contributed by atoms with Crippen LogP contribution in [0.4, 0.5) is 0 Å². The molecule has 0 spiro atoms. The third kappa shape index (κ3) is 2.58. The normalized spacial score (nSPS) is 10.2. The lowest BCUT2D eigenvalue weighted by Crippen LogP contribution is -2.08. The first kappa shape index (κ1) is 13.5. The lowest BCUT2D eigenvalue weighted by atomic mass is 10.3. The molecule has 0 radical (unpaired) electrons. The summed E-state index contributed by atoms with van der Waals surface area (Å²) in [5, 5.41) is 4.13. The number of carbonyl (C=O) groups excluding carboxylic acids is 2. The average molecular weight is 323 g/mol. The second kappa shape index (κ2) is 5.79. The van der Waals surface area contributed by atoms with Gasteiger partial charge < -0.3 is 4.74 Å². The monoisotopic (exact) mass is 322 g/mol. The van der Waals surface area contributed by atoms with Crippen LogP contribution in [0.25, 0.3) is 5.69 Å². The van der Waals surface area contributed by atoms with Gasteiger partial charge >= 0.3 is 5.97 Å². The summed E-state index contributed by atoms with van der Waals surface area (Å²) in [6, 6.07) is 9.19. The zero-order valence-corrected chi connectivity index (χ0v) is 11.8. The van der Waals surface area contributed by atoms with E-state index < -0.39 is 5.97 Å². The number of benzene rings is 1. The summed E-state index contributed by atoms with van der Waals surface area (Å²) in [7, 11) is 0. The molecule has 0 fully saturated rings. The van der Waals surface area contributed by atoms with Crippen LogP contribution in [-0.4, -0.2) is 28.6 Å². The van der Waals surface area contributed by atoms with E-state index in [0.717, 1.165) is 5.69 Å². The predicted octanol–water partition coefficient (Wildman–Crippen LogP) is 2.62. The Kier molecular flexibility index (Phi) is 4.11. The van der Waals surface area contributed by atoms with Crippen LogP contribution < -0.4 is 0 Å². The fourth-order valence-electron chi connectivity index (χ4n) is 1.60. The maximum absolute atomic E-state index is 11.7. The van der Waals surface area contributed by atoms with Gasteiger partial charge in [0.15, 0.2) is 12.0 Å². The summed E-state index contributed by atoms with van der Waals surface area (Å²) < 4.78 is 6.79. The van der Waals surface area contributed by atoms with Crippen LogP contribution in [0, 0.1) is 0 Å². The van der Waals surface area contributed by atoms with Crippen molar-refractivity contribution in [3.8, 4) is 5.69 Å². The number of aldehydes is 1. The van der Waals surface area contributed by atoms with Crippen LogP contribution in [0.1, 0.15) is 27.8 Å². The van der Waals surface area contributed by atoms with Crippen molar-refractivity contribution in [3.05, 3.63) is 46.2 Å². The molecule has 0 bridgehead atoms. The van der Waals surface area contributed by atoms with Crippen molar-refractivity contribution in [1.29, 1.82) is 0 Å². The van der Waals surface area contributed by atoms with Gasteiger partial charge in [0.1, 0.15) is 4.60 Å². The van der Waals surface area contributed by atoms with E-state index in [4.69, 9.17) is 4.74 Å². The average Bonchev–Trinajstić information content (AvgIpc) is 2.77. The van der Waals surface area contributed by atoms with E-state index in [0.29, 0.717) is 10.9 Å². The second-order valence-corrected chi connectivity index (χ2v) is 4.39. The minimum absolute atomic E-state index is 0.00702. The van der Waals surface area contributed by atoms with Gasteiger partial charge in [0.05, 0.1) is 17.9 Å². The molecule has 5 nitrogen and oxygen atoms in total. The summed E-state index contributed by atoms with van der Waals surface area (Å²) in [5.41, 5.74) is 0.933. The van der Waals surface area contributed by atoms with Gasteiger partial charge in [-0.2, -0.15) is 5.10 Å². The molecule has 0 aliphatic heterocycles. The number of hydrogen-bond acceptors (Lipinski definition) is 4. The molecular formula is C13H11BrN2O3. The van der Waals surface area contributed by atoms with E-state index in [1.165, 1.54) is 4.68 Å². The van der Waals surface area contributed by atoms with E-state index in [9.17, 15) is 9.59 Å². The summed E-state index contributed by atoms with van der Waals surface area (Å²) in [5.74, 6) is -0.611. The van der Waals surface area contributed by atoms with Gasteiger partial charge in [-0.15, -0.1) is 0 Å². The quantitative estimate of drug-likeness (QED) is 0.641. The fourth-order valence-corrected chi connectivity index (χ4v) is 2.17. The molecule has 0 aliphatic carbocycles. The summed E-state index contributed by atoms with van der Waals surface area (Å²) in [4.78, 5) is 22.9. The minimum atomic E-state index is -0.611. The molecule has 98 valence electrons. The van der Waals surface area contributed by atoms with E-state index in [1.54, 1.807) is 6.92 Å². The molecule has 0 atom stereocenters. The van der Waals surface area contributed by atoms with Crippen LogP contribution in [0.3, 0.4) is 0 Å². The van der Waals surface area contributed by atoms with Gasteiger partial charge in [0.2, 0.25) is 0 Å². The summed E-state index contributed by atoms with van der Waals surface area (Å²) >= 11 is 3.28. The highest BCUT2D eigenvalue weighted by molar-refractivity contribution is 9.10. The van der Waals surface area contributed by atoms with Crippen molar-refractivity contribution in [1.82, 2.24) is 9.78 Å². The Labute approximate surface area is 118 Å². The van der Waals surface area contributed by atoms with Crippen LogP contribution in [0.2, 0.25) is 0 Å². The molecule has 1 aromatic carbocycles. The molecule has 19 heavy (non-hydrogen) atoms. The molecule has 0 aliphatic rings. The van der Waals surface area contributed by atoms with Crippen LogP contribution in [0.15, 0.2) is 34.9 Å². The third-order valence-electron chi connectivity index (χ3n) is 2.45. The molecular weight excluding hydrogens is 312 g/mol. The largest absolute Gasteiger partial charge is 0.461 e. The molecule has 2 rings (SSSR count). The first-order valence-electron chi connectivity index (χ1n) is 5.65. The number of rotatable bonds is 4. The molecule has 2 aromatic rings. The number of hydrogen-bond donors (Lipinski definition) is 0. The molecule has 1 heterocycles. The maximum Gasteiger partial charge on any atom is 0.359 e. The van der Waals surface area contributed by atoms with E-state index >= 15 is 0 Å². The number of carbonyl (C=O) groups is 2. The highest BCUT2D eigenvalue weighted by Crippen LogP contribution is 2.23. The Bertz CT molecular complexity index is 608. The number of ether oxygens (including phenoxy) is 1. The SMILES string of the molecule is CCOC(=O)c1nn(-c2ccccc2)c(Br)c1C=O. The van der Waals surface area contributed by atoms with Crippen LogP contribution >= 0.6 is 15.9 Å². The topological polar surface area (TPSA) is 61.2 Å². The Morgan fingerprint density at radius 3 is 2.68 bits per heavy atom. The fraction of sp³-hybridized carbons (Fsp3) is 0.154. The van der Waals surface area contributed by atoms with Crippen molar-refractivity contribution in [2.45, 2.75) is 6.92 Å². The highest BCUT2D eigenvalue weighted by Gasteiger charge is 2.22. The minimum Gasteiger partial charge on any atom is -0.461 e. The van der Waals surface area contributed by atoms with E-state index in [2.05, 4.69) is 21.0 Å². The number of para-hydroxylation sites is 1. The Morgan fingerprint density at radius 2 is 2.11 bits per heavy atom. The van der Waals surface area contributed by atoms with Crippen molar-refractivity contribution in [2.75, 3.05) is 6.61 Å². The smallest absolute Gasteiger partial charge is 0.359 e. The first-order chi connectivity index (χ1) is 9.19. The molecule has 1 aromatic heterocycles. The zero-order valence-electron chi connectivity index (χ0n) is 10.2. The number of aromatic nitrogens is 2. The number of halogens is 1. The maximum atomic E-state index is 11.7. The van der Waals surface area contributed by atoms with Gasteiger partial charge in [-0.25, -0.2) is 9.48 Å². The Hall–Kier alpha value is -1.95. The molecule has 0 amide bonds. The van der Waals surface area contributed by atoms with Crippen LogP contribution in [-0.2, 0) is 4.74 Å². The highest BCUT2D eigenvalue weighted by atomic mass is 79.9. The van der Waals surface area contributed by atoms with Crippen molar-refractivity contribution in [3.63, 3.8) is 0 Å². The van der Waals surface area contributed by atoms with E-state index in [1.807, 2.05) is 30.3 Å². The zero-order chi connectivity index (χ0) is 13.8. The van der Waals surface area contributed by atoms with Crippen molar-refractivity contribution in [2.24, 2.45) is 0 Å². The van der Waals surface area contributed by atoms with E-state index in [-0.39, 0.29) is 17.9 Å². The predicted molar refractivity (Wildman–Crippen MR) is 72.6 cm³/mol. The Morgan fingerprint density at radius 1 is 1.42 bits per heavy atom. The lowest BCUT2D eigenvalue weighted by Gasteiger charge is -2.01. The van der Waals surface area contributed by atoms with Crippen molar-refractivity contribution < 1.29 is 14.3 Å². The number of esters is 1. The van der Waals surface area contributed by atoms with Crippen molar-refractivity contribution >= 4 is 28.2 Å². The lowest BCUT2D eigenvalue weighted by molar-refractivity contribution is 0.0517. The number of nitrogens with zero attached hydrogens (tertiary/aromatic N) is 2. The molecule has 0 saturated heterocycles. The van der Waals surface area contributed by atoms with Gasteiger partial charge in [-0.3, -0.25) is 4.79 Å². The van der Waals surface area contributed by atoms with Crippen LogP contribution in [0.5, 0.6) is 0 Å². The standard InChI is InChI=1S/C13H11BrN2O3/c1-2-19-13(18)11-10(8-17)12(14)16(15-11)9-6-4-3-5-7-9/h3-8H,2H2,1H3. The Balaban J connectivity index is 2.53. The third-order valence-corrected chi connectivity index (χ3v) is 3.21. The van der Waals surface area contributed by atoms with Gasteiger partial charge in [-0.05, 0) is 35.0 Å². The first-order valence-corrected chi connectivity index (χ1v) is 6.44. The van der Waals surface area contributed by atoms with Gasteiger partial charge in [0, 0.05) is 0 Å². The molecule has 0 saturated carbocycles.